The standard InChI is InChI=1S/C15H22INO3/c1-4-10-17-15(18)20-13(5-2)14(19-3)11-8-6-7-9-12(11)16/h6-9,13-14H,4-5,10H2,1-3H3,(H,17,18)/t13-,14-/m0/s1. The van der Waals surface area contributed by atoms with Crippen LogP contribution in [-0.4, -0.2) is 25.9 Å². The summed E-state index contributed by atoms with van der Waals surface area (Å²) in [6.07, 6.45) is 0.652. The maximum atomic E-state index is 11.7. The molecule has 5 heteroatoms. The molecule has 112 valence electrons. The Labute approximate surface area is 134 Å². The second kappa shape index (κ2) is 9.18. The van der Waals surface area contributed by atoms with Crippen LogP contribution in [0.25, 0.3) is 0 Å². The highest BCUT2D eigenvalue weighted by Crippen LogP contribution is 2.28. The highest BCUT2D eigenvalue weighted by atomic mass is 127. The molecule has 0 unspecified atom stereocenters. The van der Waals surface area contributed by atoms with Gasteiger partial charge in [0.1, 0.15) is 12.2 Å². The van der Waals surface area contributed by atoms with Gasteiger partial charge >= 0.3 is 6.09 Å². The van der Waals surface area contributed by atoms with Crippen molar-refractivity contribution in [2.45, 2.75) is 38.9 Å². The molecule has 0 bridgehead atoms. The third-order valence-corrected chi connectivity index (χ3v) is 3.97. The predicted molar refractivity (Wildman–Crippen MR) is 87.8 cm³/mol. The Morgan fingerprint density at radius 3 is 2.60 bits per heavy atom. The highest BCUT2D eigenvalue weighted by Gasteiger charge is 2.26. The minimum atomic E-state index is -0.383. The summed E-state index contributed by atoms with van der Waals surface area (Å²) in [5.74, 6) is 0. The fourth-order valence-corrected chi connectivity index (χ4v) is 2.64. The van der Waals surface area contributed by atoms with Crippen LogP contribution in [0.15, 0.2) is 24.3 Å². The van der Waals surface area contributed by atoms with E-state index in [1.165, 1.54) is 0 Å². The molecule has 1 aromatic rings. The van der Waals surface area contributed by atoms with Crippen molar-refractivity contribution in [1.29, 1.82) is 0 Å². The van der Waals surface area contributed by atoms with Gasteiger partial charge in [-0.25, -0.2) is 4.79 Å². The molecule has 0 aliphatic carbocycles. The molecule has 1 amide bonds. The van der Waals surface area contributed by atoms with Crippen molar-refractivity contribution in [2.24, 2.45) is 0 Å². The molecule has 1 aromatic carbocycles. The van der Waals surface area contributed by atoms with E-state index in [0.29, 0.717) is 13.0 Å². The number of carbonyl (C=O) groups excluding carboxylic acids is 1. The van der Waals surface area contributed by atoms with Crippen molar-refractivity contribution in [3.05, 3.63) is 33.4 Å². The second-order valence-electron chi connectivity index (χ2n) is 4.46. The zero-order valence-electron chi connectivity index (χ0n) is 12.2. The van der Waals surface area contributed by atoms with Gasteiger partial charge in [-0.15, -0.1) is 0 Å². The van der Waals surface area contributed by atoms with Crippen LogP contribution in [-0.2, 0) is 9.47 Å². The van der Waals surface area contributed by atoms with E-state index in [2.05, 4.69) is 27.9 Å². The van der Waals surface area contributed by atoms with Crippen molar-refractivity contribution in [3.63, 3.8) is 0 Å². The Morgan fingerprint density at radius 1 is 1.35 bits per heavy atom. The topological polar surface area (TPSA) is 47.6 Å². The van der Waals surface area contributed by atoms with E-state index >= 15 is 0 Å². The largest absolute Gasteiger partial charge is 0.443 e. The quantitative estimate of drug-likeness (QED) is 0.718. The Bertz CT molecular complexity index is 425. The molecule has 0 fully saturated rings. The first-order valence-corrected chi connectivity index (χ1v) is 7.93. The molecule has 0 spiro atoms. The Hall–Kier alpha value is -0.820. The number of amides is 1. The van der Waals surface area contributed by atoms with Crippen molar-refractivity contribution >= 4 is 28.7 Å². The van der Waals surface area contributed by atoms with Gasteiger partial charge in [-0.2, -0.15) is 0 Å². The van der Waals surface area contributed by atoms with E-state index < -0.39 is 0 Å². The van der Waals surface area contributed by atoms with Crippen LogP contribution in [0.3, 0.4) is 0 Å². The molecule has 1 rings (SSSR count). The van der Waals surface area contributed by atoms with Gasteiger partial charge in [0, 0.05) is 17.2 Å². The van der Waals surface area contributed by atoms with E-state index in [9.17, 15) is 4.79 Å². The minimum Gasteiger partial charge on any atom is -0.443 e. The molecule has 0 radical (unpaired) electrons. The van der Waals surface area contributed by atoms with Gasteiger partial charge in [-0.05, 0) is 47.1 Å². The van der Waals surface area contributed by atoms with Crippen LogP contribution in [0.1, 0.15) is 38.4 Å². The van der Waals surface area contributed by atoms with Crippen molar-refractivity contribution in [1.82, 2.24) is 5.32 Å². The highest BCUT2D eigenvalue weighted by molar-refractivity contribution is 14.1. The zero-order valence-corrected chi connectivity index (χ0v) is 14.3. The van der Waals surface area contributed by atoms with Gasteiger partial charge < -0.3 is 14.8 Å². The lowest BCUT2D eigenvalue weighted by atomic mass is 10.0. The lowest BCUT2D eigenvalue weighted by molar-refractivity contribution is -0.0257. The third-order valence-electron chi connectivity index (χ3n) is 2.98. The molecular weight excluding hydrogens is 369 g/mol. The Morgan fingerprint density at radius 2 is 2.05 bits per heavy atom. The summed E-state index contributed by atoms with van der Waals surface area (Å²) in [5, 5.41) is 2.72. The summed E-state index contributed by atoms with van der Waals surface area (Å²) in [6.45, 7) is 4.61. The van der Waals surface area contributed by atoms with Crippen LogP contribution in [0.2, 0.25) is 0 Å². The zero-order chi connectivity index (χ0) is 15.0. The normalized spacial score (nSPS) is 13.6. The number of ether oxygens (including phenoxy) is 2. The van der Waals surface area contributed by atoms with Crippen molar-refractivity contribution < 1.29 is 14.3 Å². The molecule has 0 heterocycles. The van der Waals surface area contributed by atoms with Crippen LogP contribution in [0.4, 0.5) is 4.79 Å². The number of hydrogen-bond donors (Lipinski definition) is 1. The molecule has 20 heavy (non-hydrogen) atoms. The van der Waals surface area contributed by atoms with E-state index in [1.54, 1.807) is 7.11 Å². The van der Waals surface area contributed by atoms with Gasteiger partial charge in [0.15, 0.2) is 0 Å². The number of methoxy groups -OCH3 is 1. The van der Waals surface area contributed by atoms with E-state index in [0.717, 1.165) is 15.6 Å². The predicted octanol–water partition coefficient (Wildman–Crippen LogP) is 3.89. The fraction of sp³-hybridized carbons (Fsp3) is 0.533. The van der Waals surface area contributed by atoms with Gasteiger partial charge in [0.05, 0.1) is 0 Å². The summed E-state index contributed by atoms with van der Waals surface area (Å²) >= 11 is 2.27. The molecule has 2 atom stereocenters. The summed E-state index contributed by atoms with van der Waals surface area (Å²) < 4.78 is 12.2. The number of rotatable bonds is 7. The van der Waals surface area contributed by atoms with Crippen molar-refractivity contribution in [3.8, 4) is 0 Å². The average molecular weight is 391 g/mol. The van der Waals surface area contributed by atoms with Crippen LogP contribution < -0.4 is 5.32 Å². The average Bonchev–Trinajstić information content (AvgIpc) is 2.46. The van der Waals surface area contributed by atoms with Gasteiger partial charge in [-0.1, -0.05) is 32.0 Å². The van der Waals surface area contributed by atoms with Gasteiger partial charge in [0.25, 0.3) is 0 Å². The lowest BCUT2D eigenvalue weighted by Crippen LogP contribution is -2.33. The SMILES string of the molecule is CCCNC(=O)O[C@@H](CC)[C@@H](OC)c1ccccc1I. The fourth-order valence-electron chi connectivity index (χ4n) is 1.95. The van der Waals surface area contributed by atoms with Gasteiger partial charge in [0.2, 0.25) is 0 Å². The number of benzene rings is 1. The smallest absolute Gasteiger partial charge is 0.407 e. The molecule has 0 saturated heterocycles. The van der Waals surface area contributed by atoms with Crippen LogP contribution in [0, 0.1) is 3.57 Å². The van der Waals surface area contributed by atoms with E-state index in [1.807, 2.05) is 38.1 Å². The summed E-state index contributed by atoms with van der Waals surface area (Å²) in [4.78, 5) is 11.7. The molecular formula is C15H22INO3. The van der Waals surface area contributed by atoms with Gasteiger partial charge in [-0.3, -0.25) is 0 Å². The second-order valence-corrected chi connectivity index (χ2v) is 5.62. The number of alkyl carbamates (subject to hydrolysis) is 1. The number of halogens is 1. The van der Waals surface area contributed by atoms with Crippen molar-refractivity contribution in [2.75, 3.05) is 13.7 Å². The minimum absolute atomic E-state index is 0.250. The maximum Gasteiger partial charge on any atom is 0.407 e. The first kappa shape index (κ1) is 17.2. The molecule has 0 aliphatic rings. The first-order valence-electron chi connectivity index (χ1n) is 6.85. The maximum absolute atomic E-state index is 11.7. The summed E-state index contributed by atoms with van der Waals surface area (Å²) in [5.41, 5.74) is 1.05. The molecule has 0 aromatic heterocycles. The molecule has 1 N–H and O–H groups in total. The number of hydrogen-bond acceptors (Lipinski definition) is 3. The third kappa shape index (κ3) is 4.94. The lowest BCUT2D eigenvalue weighted by Gasteiger charge is -2.26. The van der Waals surface area contributed by atoms with E-state index in [4.69, 9.17) is 9.47 Å². The summed E-state index contributed by atoms with van der Waals surface area (Å²) in [7, 11) is 1.64. The van der Waals surface area contributed by atoms with E-state index in [-0.39, 0.29) is 18.3 Å². The Kier molecular flexibility index (Phi) is 7.91. The van der Waals surface area contributed by atoms with Crippen LogP contribution in [0.5, 0.6) is 0 Å². The van der Waals surface area contributed by atoms with Crippen LogP contribution >= 0.6 is 22.6 Å². The first-order chi connectivity index (χ1) is 9.63. The number of nitrogens with one attached hydrogen (secondary N) is 1. The molecule has 0 saturated carbocycles. The molecule has 4 nitrogen and oxygen atoms in total. The summed E-state index contributed by atoms with van der Waals surface area (Å²) in [6, 6.07) is 7.97. The Balaban J connectivity index is 2.80. The molecule has 0 aliphatic heterocycles. The number of carbonyl (C=O) groups is 1. The monoisotopic (exact) mass is 391 g/mol.